The van der Waals surface area contributed by atoms with Gasteiger partial charge in [0.25, 0.3) is 5.91 Å². The van der Waals surface area contributed by atoms with Crippen LogP contribution in [0.4, 0.5) is 5.69 Å². The zero-order chi connectivity index (χ0) is 18.5. The number of para-hydroxylation sites is 1. The fourth-order valence-corrected chi connectivity index (χ4v) is 2.50. The number of aryl methyl sites for hydroxylation is 2. The zero-order valence-electron chi connectivity index (χ0n) is 14.9. The monoisotopic (exact) mass is 352 g/mol. The van der Waals surface area contributed by atoms with Crippen LogP contribution in [0.2, 0.25) is 0 Å². The van der Waals surface area contributed by atoms with E-state index in [1.165, 1.54) is 0 Å². The molecule has 0 aliphatic carbocycles. The van der Waals surface area contributed by atoms with E-state index >= 15 is 0 Å². The number of hydrogen-bond acceptors (Lipinski definition) is 5. The molecular formula is C20H20N2O4. The molecule has 0 spiro atoms. The molecular weight excluding hydrogens is 332 g/mol. The number of rotatable bonds is 6. The molecule has 0 unspecified atom stereocenters. The van der Waals surface area contributed by atoms with E-state index in [2.05, 4.69) is 10.5 Å². The Morgan fingerprint density at radius 3 is 2.73 bits per heavy atom. The first kappa shape index (κ1) is 17.5. The van der Waals surface area contributed by atoms with E-state index in [0.717, 1.165) is 11.3 Å². The van der Waals surface area contributed by atoms with Crippen LogP contribution in [-0.2, 0) is 6.61 Å². The Morgan fingerprint density at radius 1 is 1.15 bits per heavy atom. The molecule has 0 radical (unpaired) electrons. The molecule has 6 heteroatoms. The summed E-state index contributed by atoms with van der Waals surface area (Å²) in [4.78, 5) is 12.6. The van der Waals surface area contributed by atoms with Gasteiger partial charge in [-0.2, -0.15) is 0 Å². The van der Waals surface area contributed by atoms with E-state index in [0.29, 0.717) is 22.8 Å². The van der Waals surface area contributed by atoms with Gasteiger partial charge in [0.15, 0.2) is 5.69 Å². The number of nitrogens with zero attached hydrogens (tertiary/aromatic N) is 1. The van der Waals surface area contributed by atoms with Gasteiger partial charge in [0.05, 0.1) is 12.7 Å². The molecule has 2 aromatic carbocycles. The molecule has 1 heterocycles. The molecule has 0 saturated carbocycles. The molecule has 0 saturated heterocycles. The Morgan fingerprint density at radius 2 is 1.96 bits per heavy atom. The third kappa shape index (κ3) is 3.85. The highest BCUT2D eigenvalue weighted by Gasteiger charge is 2.21. The van der Waals surface area contributed by atoms with Crippen LogP contribution in [0.3, 0.4) is 0 Å². The predicted molar refractivity (Wildman–Crippen MR) is 97.7 cm³/mol. The number of carbonyl (C=O) groups excluding carboxylic acids is 1. The largest absolute Gasteiger partial charge is 0.497 e. The Bertz CT molecular complexity index is 918. The maximum absolute atomic E-state index is 12.6. The molecule has 1 aromatic heterocycles. The van der Waals surface area contributed by atoms with Crippen molar-refractivity contribution in [1.29, 1.82) is 0 Å². The molecule has 134 valence electrons. The summed E-state index contributed by atoms with van der Waals surface area (Å²) in [5.41, 5.74) is 2.46. The van der Waals surface area contributed by atoms with Gasteiger partial charge < -0.3 is 19.3 Å². The number of hydrogen-bond donors (Lipinski definition) is 1. The fraction of sp³-hybridized carbons (Fsp3) is 0.200. The summed E-state index contributed by atoms with van der Waals surface area (Å²) in [6, 6.07) is 14.8. The highest BCUT2D eigenvalue weighted by atomic mass is 16.5. The number of anilines is 1. The molecule has 0 fully saturated rings. The van der Waals surface area contributed by atoms with E-state index in [4.69, 9.17) is 14.0 Å². The smallest absolute Gasteiger partial charge is 0.278 e. The Kier molecular flexibility index (Phi) is 5.22. The van der Waals surface area contributed by atoms with Crippen molar-refractivity contribution in [3.63, 3.8) is 0 Å². The number of nitrogens with one attached hydrogen (secondary N) is 1. The minimum absolute atomic E-state index is 0.195. The Hall–Kier alpha value is -3.28. The summed E-state index contributed by atoms with van der Waals surface area (Å²) in [6.07, 6.45) is 0. The van der Waals surface area contributed by atoms with E-state index in [1.54, 1.807) is 38.3 Å². The second-order valence-corrected chi connectivity index (χ2v) is 5.81. The lowest BCUT2D eigenvalue weighted by Gasteiger charge is -2.09. The molecule has 3 rings (SSSR count). The molecule has 0 aliphatic rings. The quantitative estimate of drug-likeness (QED) is 0.722. The van der Waals surface area contributed by atoms with Crippen molar-refractivity contribution in [1.82, 2.24) is 5.16 Å². The first-order chi connectivity index (χ1) is 12.6. The lowest BCUT2D eigenvalue weighted by Crippen LogP contribution is -2.15. The minimum Gasteiger partial charge on any atom is -0.497 e. The van der Waals surface area contributed by atoms with Crippen molar-refractivity contribution < 1.29 is 18.8 Å². The van der Waals surface area contributed by atoms with Gasteiger partial charge in [-0.15, -0.1) is 0 Å². The lowest BCUT2D eigenvalue weighted by molar-refractivity contribution is 0.101. The van der Waals surface area contributed by atoms with Crippen molar-refractivity contribution in [3.05, 3.63) is 71.1 Å². The second-order valence-electron chi connectivity index (χ2n) is 5.81. The molecule has 0 bridgehead atoms. The summed E-state index contributed by atoms with van der Waals surface area (Å²) in [7, 11) is 1.57. The SMILES string of the molecule is COc1cccc(NC(=O)c2noc(C)c2COc2ccccc2C)c1. The Labute approximate surface area is 151 Å². The van der Waals surface area contributed by atoms with Gasteiger partial charge in [-0.3, -0.25) is 4.79 Å². The summed E-state index contributed by atoms with van der Waals surface area (Å²) in [5, 5.41) is 6.69. The molecule has 1 N–H and O–H groups in total. The standard InChI is InChI=1S/C20H20N2O4/c1-13-7-4-5-10-18(13)25-12-17-14(2)26-22-19(17)20(23)21-15-8-6-9-16(11-15)24-3/h4-11H,12H2,1-3H3,(H,21,23). The van der Waals surface area contributed by atoms with Crippen molar-refractivity contribution in [2.24, 2.45) is 0 Å². The Balaban J connectivity index is 1.76. The number of aromatic nitrogens is 1. The van der Waals surface area contributed by atoms with Gasteiger partial charge >= 0.3 is 0 Å². The number of methoxy groups -OCH3 is 1. The summed E-state index contributed by atoms with van der Waals surface area (Å²) in [6.45, 7) is 3.92. The third-order valence-electron chi connectivity index (χ3n) is 3.99. The van der Waals surface area contributed by atoms with E-state index < -0.39 is 0 Å². The normalized spacial score (nSPS) is 10.4. The van der Waals surface area contributed by atoms with E-state index in [1.807, 2.05) is 31.2 Å². The molecule has 0 atom stereocenters. The van der Waals surface area contributed by atoms with Gasteiger partial charge in [0.2, 0.25) is 0 Å². The van der Waals surface area contributed by atoms with Crippen LogP contribution in [0.1, 0.15) is 27.4 Å². The number of amides is 1. The van der Waals surface area contributed by atoms with Crippen LogP contribution >= 0.6 is 0 Å². The van der Waals surface area contributed by atoms with Crippen molar-refractivity contribution in [2.45, 2.75) is 20.5 Å². The third-order valence-corrected chi connectivity index (χ3v) is 3.99. The van der Waals surface area contributed by atoms with Gasteiger partial charge in [-0.1, -0.05) is 29.4 Å². The van der Waals surface area contributed by atoms with Crippen molar-refractivity contribution in [2.75, 3.05) is 12.4 Å². The van der Waals surface area contributed by atoms with Crippen LogP contribution in [0.25, 0.3) is 0 Å². The molecule has 26 heavy (non-hydrogen) atoms. The summed E-state index contributed by atoms with van der Waals surface area (Å²) < 4.78 is 16.2. The van der Waals surface area contributed by atoms with Crippen LogP contribution < -0.4 is 14.8 Å². The maximum atomic E-state index is 12.6. The van der Waals surface area contributed by atoms with Gasteiger partial charge in [0.1, 0.15) is 23.9 Å². The van der Waals surface area contributed by atoms with Gasteiger partial charge in [0, 0.05) is 11.8 Å². The van der Waals surface area contributed by atoms with Crippen LogP contribution in [0.15, 0.2) is 53.1 Å². The first-order valence-electron chi connectivity index (χ1n) is 8.17. The highest BCUT2D eigenvalue weighted by Crippen LogP contribution is 2.22. The minimum atomic E-state index is -0.363. The van der Waals surface area contributed by atoms with Crippen molar-refractivity contribution >= 4 is 11.6 Å². The molecule has 3 aromatic rings. The number of benzene rings is 2. The highest BCUT2D eigenvalue weighted by molar-refractivity contribution is 6.04. The van der Waals surface area contributed by atoms with Crippen molar-refractivity contribution in [3.8, 4) is 11.5 Å². The molecule has 1 amide bonds. The molecule has 6 nitrogen and oxygen atoms in total. The topological polar surface area (TPSA) is 73.6 Å². The first-order valence-corrected chi connectivity index (χ1v) is 8.17. The van der Waals surface area contributed by atoms with Gasteiger partial charge in [-0.05, 0) is 37.6 Å². The van der Waals surface area contributed by atoms with Crippen LogP contribution in [0, 0.1) is 13.8 Å². The average molecular weight is 352 g/mol. The second kappa shape index (κ2) is 7.74. The summed E-state index contributed by atoms with van der Waals surface area (Å²) in [5.74, 6) is 1.60. The predicted octanol–water partition coefficient (Wildman–Crippen LogP) is 4.13. The fourth-order valence-electron chi connectivity index (χ4n) is 2.50. The maximum Gasteiger partial charge on any atom is 0.278 e. The average Bonchev–Trinajstić information content (AvgIpc) is 3.02. The van der Waals surface area contributed by atoms with Gasteiger partial charge in [-0.25, -0.2) is 0 Å². The zero-order valence-corrected chi connectivity index (χ0v) is 14.9. The molecule has 0 aliphatic heterocycles. The summed E-state index contributed by atoms with van der Waals surface area (Å²) >= 11 is 0. The van der Waals surface area contributed by atoms with Crippen LogP contribution in [0.5, 0.6) is 11.5 Å². The van der Waals surface area contributed by atoms with Crippen LogP contribution in [-0.4, -0.2) is 18.2 Å². The van der Waals surface area contributed by atoms with E-state index in [9.17, 15) is 4.79 Å². The van der Waals surface area contributed by atoms with E-state index in [-0.39, 0.29) is 18.2 Å². The number of carbonyl (C=O) groups is 1. The number of ether oxygens (including phenoxy) is 2. The lowest BCUT2D eigenvalue weighted by atomic mass is 10.2.